The van der Waals surface area contributed by atoms with Crippen molar-refractivity contribution in [1.82, 2.24) is 0 Å². The van der Waals surface area contributed by atoms with Gasteiger partial charge in [-0.25, -0.2) is 0 Å². The quantitative estimate of drug-likeness (QED) is 0.748. The maximum absolute atomic E-state index is 12.2. The van der Waals surface area contributed by atoms with Crippen molar-refractivity contribution in [3.63, 3.8) is 0 Å². The fraction of sp³-hybridized carbons (Fsp3) is 0.350. The Kier molecular flexibility index (Phi) is 6.24. The Morgan fingerprint density at radius 2 is 1.88 bits per heavy atom. The molecule has 0 atom stereocenters. The van der Waals surface area contributed by atoms with Crippen LogP contribution >= 0.6 is 0 Å². The summed E-state index contributed by atoms with van der Waals surface area (Å²) in [6.45, 7) is 6.71. The van der Waals surface area contributed by atoms with Gasteiger partial charge in [0.25, 0.3) is 0 Å². The lowest BCUT2D eigenvalue weighted by Gasteiger charge is -2.12. The number of carbonyl (C=O) groups excluding carboxylic acids is 1. The zero-order chi connectivity index (χ0) is 17.5. The topological polar surface area (TPSA) is 64.3 Å². The molecular weight excluding hydrogens is 300 g/mol. The molecule has 0 fully saturated rings. The first-order valence-corrected chi connectivity index (χ1v) is 8.38. The molecule has 0 saturated heterocycles. The van der Waals surface area contributed by atoms with E-state index in [2.05, 4.69) is 12.2 Å². The molecule has 0 aliphatic heterocycles. The van der Waals surface area contributed by atoms with Gasteiger partial charge in [-0.05, 0) is 55.5 Å². The second-order valence-corrected chi connectivity index (χ2v) is 6.04. The monoisotopic (exact) mass is 326 g/mol. The average Bonchev–Trinajstić information content (AvgIpc) is 2.55. The van der Waals surface area contributed by atoms with E-state index >= 15 is 0 Å². The van der Waals surface area contributed by atoms with Crippen LogP contribution in [-0.2, 0) is 11.2 Å². The van der Waals surface area contributed by atoms with Crippen molar-refractivity contribution in [2.75, 3.05) is 17.7 Å². The fourth-order valence-electron chi connectivity index (χ4n) is 2.57. The minimum Gasteiger partial charge on any atom is -0.491 e. The third kappa shape index (κ3) is 4.75. The van der Waals surface area contributed by atoms with E-state index in [-0.39, 0.29) is 5.91 Å². The highest BCUT2D eigenvalue weighted by atomic mass is 16.5. The number of nitrogen functional groups attached to an aromatic ring is 1. The molecule has 2 aromatic rings. The predicted octanol–water partition coefficient (Wildman–Crippen LogP) is 4.25. The van der Waals surface area contributed by atoms with Gasteiger partial charge >= 0.3 is 0 Å². The van der Waals surface area contributed by atoms with E-state index in [1.165, 1.54) is 0 Å². The zero-order valence-electron chi connectivity index (χ0n) is 14.7. The lowest BCUT2D eigenvalue weighted by Crippen LogP contribution is -2.14. The first-order valence-electron chi connectivity index (χ1n) is 8.38. The predicted molar refractivity (Wildman–Crippen MR) is 99.5 cm³/mol. The van der Waals surface area contributed by atoms with E-state index in [4.69, 9.17) is 10.5 Å². The molecule has 3 N–H and O–H groups in total. The summed E-state index contributed by atoms with van der Waals surface area (Å²) in [5.74, 6) is 0.720. The normalized spacial score (nSPS) is 10.5. The van der Waals surface area contributed by atoms with Crippen LogP contribution in [0.1, 0.15) is 36.5 Å². The summed E-state index contributed by atoms with van der Waals surface area (Å²) in [6, 6.07) is 11.7. The van der Waals surface area contributed by atoms with Gasteiger partial charge in [0.1, 0.15) is 5.75 Å². The summed E-state index contributed by atoms with van der Waals surface area (Å²) in [6.07, 6.45) is 2.01. The Morgan fingerprint density at radius 1 is 1.17 bits per heavy atom. The van der Waals surface area contributed by atoms with Crippen LogP contribution in [0.25, 0.3) is 0 Å². The van der Waals surface area contributed by atoms with Crippen LogP contribution < -0.4 is 15.8 Å². The summed E-state index contributed by atoms with van der Waals surface area (Å²) < 4.78 is 5.57. The maximum atomic E-state index is 12.2. The molecule has 24 heavy (non-hydrogen) atoms. The van der Waals surface area contributed by atoms with Gasteiger partial charge in [0.15, 0.2) is 0 Å². The second-order valence-electron chi connectivity index (χ2n) is 6.04. The zero-order valence-corrected chi connectivity index (χ0v) is 14.7. The largest absolute Gasteiger partial charge is 0.491 e. The number of aryl methyl sites for hydroxylation is 3. The number of para-hydroxylation sites is 1. The van der Waals surface area contributed by atoms with Gasteiger partial charge < -0.3 is 15.8 Å². The molecule has 0 aliphatic rings. The van der Waals surface area contributed by atoms with E-state index in [1.807, 2.05) is 50.2 Å². The van der Waals surface area contributed by atoms with Crippen LogP contribution in [0.5, 0.6) is 5.75 Å². The van der Waals surface area contributed by atoms with Crippen molar-refractivity contribution in [2.24, 2.45) is 0 Å². The highest BCUT2D eigenvalue weighted by Gasteiger charge is 2.08. The fourth-order valence-corrected chi connectivity index (χ4v) is 2.57. The molecule has 0 heterocycles. The van der Waals surface area contributed by atoms with Gasteiger partial charge in [-0.2, -0.15) is 0 Å². The first kappa shape index (κ1) is 17.9. The second kappa shape index (κ2) is 8.39. The summed E-state index contributed by atoms with van der Waals surface area (Å²) in [5.41, 5.74) is 10.7. The lowest BCUT2D eigenvalue weighted by atomic mass is 10.1. The summed E-state index contributed by atoms with van der Waals surface area (Å²) in [4.78, 5) is 12.2. The van der Waals surface area contributed by atoms with Crippen molar-refractivity contribution < 1.29 is 9.53 Å². The van der Waals surface area contributed by atoms with Crippen molar-refractivity contribution >= 4 is 17.3 Å². The van der Waals surface area contributed by atoms with Crippen molar-refractivity contribution in [2.45, 2.75) is 40.0 Å². The number of hydrogen-bond donors (Lipinski definition) is 2. The van der Waals surface area contributed by atoms with Crippen molar-refractivity contribution in [3.05, 3.63) is 53.1 Å². The molecule has 128 valence electrons. The molecule has 2 aromatic carbocycles. The number of carbonyl (C=O) groups is 1. The van der Waals surface area contributed by atoms with Crippen molar-refractivity contribution in [3.8, 4) is 5.75 Å². The van der Waals surface area contributed by atoms with Crippen LogP contribution in [0.15, 0.2) is 36.4 Å². The average molecular weight is 326 g/mol. The number of rotatable bonds is 7. The van der Waals surface area contributed by atoms with E-state index in [0.717, 1.165) is 28.8 Å². The Labute approximate surface area is 144 Å². The van der Waals surface area contributed by atoms with Gasteiger partial charge in [-0.1, -0.05) is 31.2 Å². The Balaban J connectivity index is 1.93. The molecule has 1 amide bonds. The summed E-state index contributed by atoms with van der Waals surface area (Å²) in [7, 11) is 0. The molecule has 0 aromatic heterocycles. The number of nitrogens with one attached hydrogen (secondary N) is 1. The standard InChI is InChI=1S/C20H26N2O2/c1-4-12-24-18-10-8-16(13-17(18)21)9-11-19(23)22-20-14(2)6-5-7-15(20)3/h5-8,10,13H,4,9,11-12,21H2,1-3H3,(H,22,23). The lowest BCUT2D eigenvalue weighted by molar-refractivity contribution is -0.116. The summed E-state index contributed by atoms with van der Waals surface area (Å²) in [5, 5.41) is 3.01. The van der Waals surface area contributed by atoms with E-state index in [0.29, 0.717) is 30.9 Å². The number of ether oxygens (including phenoxy) is 1. The van der Waals surface area contributed by atoms with Gasteiger partial charge in [-0.15, -0.1) is 0 Å². The van der Waals surface area contributed by atoms with Crippen molar-refractivity contribution in [1.29, 1.82) is 0 Å². The van der Waals surface area contributed by atoms with Crippen LogP contribution in [0.2, 0.25) is 0 Å². The van der Waals surface area contributed by atoms with E-state index < -0.39 is 0 Å². The van der Waals surface area contributed by atoms with E-state index in [9.17, 15) is 4.79 Å². The highest BCUT2D eigenvalue weighted by Crippen LogP contribution is 2.24. The van der Waals surface area contributed by atoms with Gasteiger partial charge in [0.05, 0.1) is 12.3 Å². The molecule has 2 rings (SSSR count). The molecule has 0 saturated carbocycles. The molecule has 0 radical (unpaired) electrons. The van der Waals surface area contributed by atoms with Crippen LogP contribution in [0, 0.1) is 13.8 Å². The minimum atomic E-state index is 0.0114. The third-order valence-corrected chi connectivity index (χ3v) is 3.92. The number of hydrogen-bond acceptors (Lipinski definition) is 3. The summed E-state index contributed by atoms with van der Waals surface area (Å²) >= 11 is 0. The molecule has 0 spiro atoms. The molecule has 0 unspecified atom stereocenters. The molecular formula is C20H26N2O2. The number of nitrogens with two attached hydrogens (primary N) is 1. The first-order chi connectivity index (χ1) is 11.5. The maximum Gasteiger partial charge on any atom is 0.224 e. The van der Waals surface area contributed by atoms with E-state index in [1.54, 1.807) is 0 Å². The SMILES string of the molecule is CCCOc1ccc(CCC(=O)Nc2c(C)cccc2C)cc1N. The van der Waals surface area contributed by atoms with Crippen LogP contribution in [0.4, 0.5) is 11.4 Å². The van der Waals surface area contributed by atoms with Crippen LogP contribution in [0.3, 0.4) is 0 Å². The number of benzene rings is 2. The van der Waals surface area contributed by atoms with Gasteiger partial charge in [-0.3, -0.25) is 4.79 Å². The minimum absolute atomic E-state index is 0.0114. The Hall–Kier alpha value is -2.49. The molecule has 0 bridgehead atoms. The smallest absolute Gasteiger partial charge is 0.224 e. The molecule has 4 nitrogen and oxygen atoms in total. The van der Waals surface area contributed by atoms with Gasteiger partial charge in [0.2, 0.25) is 5.91 Å². The third-order valence-electron chi connectivity index (χ3n) is 3.92. The molecule has 0 aliphatic carbocycles. The number of anilines is 2. The van der Waals surface area contributed by atoms with Crippen LogP contribution in [-0.4, -0.2) is 12.5 Å². The molecule has 4 heteroatoms. The Bertz CT molecular complexity index is 691. The number of amides is 1. The Morgan fingerprint density at radius 3 is 2.50 bits per heavy atom. The van der Waals surface area contributed by atoms with Gasteiger partial charge in [0, 0.05) is 12.1 Å². The highest BCUT2D eigenvalue weighted by molar-refractivity contribution is 5.92.